The lowest BCUT2D eigenvalue weighted by Crippen LogP contribution is -2.31. The minimum atomic E-state index is -0.385. The summed E-state index contributed by atoms with van der Waals surface area (Å²) in [5.74, 6) is 1.36. The molecule has 126 valence electrons. The number of hydrogen-bond acceptors (Lipinski definition) is 5. The first-order valence-corrected chi connectivity index (χ1v) is 9.08. The van der Waals surface area contributed by atoms with Crippen LogP contribution in [-0.4, -0.2) is 25.5 Å². The van der Waals surface area contributed by atoms with Crippen molar-refractivity contribution in [3.8, 4) is 0 Å². The molecule has 2 aromatic heterocycles. The molecule has 23 heavy (non-hydrogen) atoms. The van der Waals surface area contributed by atoms with Crippen molar-refractivity contribution in [2.24, 2.45) is 5.73 Å². The minimum Gasteiger partial charge on any atom is -0.367 e. The number of rotatable bonds is 5. The van der Waals surface area contributed by atoms with E-state index < -0.39 is 0 Å². The molecule has 1 aliphatic rings. The van der Waals surface area contributed by atoms with Gasteiger partial charge in [-0.25, -0.2) is 4.98 Å². The number of nitrogens with two attached hydrogens (primary N) is 1. The minimum absolute atomic E-state index is 0.292. The normalized spacial score (nSPS) is 24.7. The maximum atomic E-state index is 6.26. The van der Waals surface area contributed by atoms with Gasteiger partial charge < -0.3 is 11.1 Å². The molecule has 7 heteroatoms. The summed E-state index contributed by atoms with van der Waals surface area (Å²) in [5.41, 5.74) is 7.90. The van der Waals surface area contributed by atoms with Crippen molar-refractivity contribution in [3.63, 3.8) is 0 Å². The van der Waals surface area contributed by atoms with Crippen LogP contribution >= 0.6 is 24.2 Å². The number of halogens is 1. The van der Waals surface area contributed by atoms with Crippen molar-refractivity contribution < 1.29 is 0 Å². The Labute approximate surface area is 147 Å². The Morgan fingerprint density at radius 2 is 2.26 bits per heavy atom. The van der Waals surface area contributed by atoms with Gasteiger partial charge >= 0.3 is 0 Å². The molecule has 5 nitrogen and oxygen atoms in total. The standard InChI is InChI=1S/C16H24ClN5S/c1-3-10(4-2)13-7-14(20-11-5-6-16(18,23)8-11)22-15(21-13)12(17)9-19-22/h7,9-11,20,23H,3-6,8,18H2,1-2H3/t11-,16+/m0/s1. The van der Waals surface area contributed by atoms with Gasteiger partial charge in [0.25, 0.3) is 0 Å². The van der Waals surface area contributed by atoms with Crippen LogP contribution in [0.1, 0.15) is 57.6 Å². The summed E-state index contributed by atoms with van der Waals surface area (Å²) in [4.78, 5) is 4.34. The number of thiol groups is 1. The molecule has 0 amide bonds. The van der Waals surface area contributed by atoms with E-state index in [9.17, 15) is 0 Å². The molecule has 2 heterocycles. The van der Waals surface area contributed by atoms with Crippen LogP contribution in [0.5, 0.6) is 0 Å². The summed E-state index contributed by atoms with van der Waals surface area (Å²) in [6.07, 6.45) is 6.48. The van der Waals surface area contributed by atoms with E-state index >= 15 is 0 Å². The SMILES string of the molecule is CCC(CC)c1cc(N[C@H]2CC[C@@](N)(S)C2)n2ncc(Cl)c2n1. The molecule has 1 saturated carbocycles. The first kappa shape index (κ1) is 16.9. The van der Waals surface area contributed by atoms with E-state index in [0.717, 1.165) is 43.6 Å². The Balaban J connectivity index is 1.97. The lowest BCUT2D eigenvalue weighted by molar-refractivity contribution is 0.620. The fourth-order valence-electron chi connectivity index (χ4n) is 3.36. The first-order chi connectivity index (χ1) is 10.9. The molecular weight excluding hydrogens is 330 g/mol. The zero-order valence-electron chi connectivity index (χ0n) is 13.6. The maximum Gasteiger partial charge on any atom is 0.176 e. The Kier molecular flexibility index (Phi) is 4.76. The van der Waals surface area contributed by atoms with E-state index in [1.807, 2.05) is 0 Å². The van der Waals surface area contributed by atoms with Gasteiger partial charge in [0, 0.05) is 23.7 Å². The van der Waals surface area contributed by atoms with E-state index in [1.165, 1.54) is 0 Å². The molecule has 0 radical (unpaired) electrons. The summed E-state index contributed by atoms with van der Waals surface area (Å²) >= 11 is 10.8. The van der Waals surface area contributed by atoms with Crippen LogP contribution in [0.4, 0.5) is 5.82 Å². The third-order valence-corrected chi connectivity index (χ3v) is 5.40. The van der Waals surface area contributed by atoms with Crippen LogP contribution in [0.3, 0.4) is 0 Å². The summed E-state index contributed by atoms with van der Waals surface area (Å²) in [6, 6.07) is 2.39. The van der Waals surface area contributed by atoms with Crippen molar-refractivity contribution >= 4 is 35.7 Å². The smallest absolute Gasteiger partial charge is 0.176 e. The summed E-state index contributed by atoms with van der Waals surface area (Å²) < 4.78 is 1.78. The highest BCUT2D eigenvalue weighted by molar-refractivity contribution is 7.81. The molecule has 0 unspecified atom stereocenters. The molecule has 2 atom stereocenters. The van der Waals surface area contributed by atoms with Gasteiger partial charge in [0.1, 0.15) is 10.8 Å². The van der Waals surface area contributed by atoms with Crippen molar-refractivity contribution in [1.82, 2.24) is 14.6 Å². The van der Waals surface area contributed by atoms with Gasteiger partial charge in [-0.2, -0.15) is 22.2 Å². The molecule has 0 bridgehead atoms. The lowest BCUT2D eigenvalue weighted by atomic mass is 9.99. The molecule has 1 aliphatic carbocycles. The fourth-order valence-corrected chi connectivity index (χ4v) is 3.88. The molecule has 0 saturated heterocycles. The largest absolute Gasteiger partial charge is 0.367 e. The van der Waals surface area contributed by atoms with E-state index in [4.69, 9.17) is 22.3 Å². The molecule has 1 fully saturated rings. The zero-order valence-corrected chi connectivity index (χ0v) is 15.2. The van der Waals surface area contributed by atoms with E-state index in [1.54, 1.807) is 10.7 Å². The van der Waals surface area contributed by atoms with Gasteiger partial charge in [0.05, 0.1) is 11.1 Å². The van der Waals surface area contributed by atoms with Crippen LogP contribution < -0.4 is 11.1 Å². The Bertz CT molecular complexity index is 695. The van der Waals surface area contributed by atoms with Crippen molar-refractivity contribution in [1.29, 1.82) is 0 Å². The third-order valence-electron chi connectivity index (χ3n) is 4.73. The second kappa shape index (κ2) is 6.49. The number of nitrogens with one attached hydrogen (secondary N) is 1. The van der Waals surface area contributed by atoms with Gasteiger partial charge in [0.15, 0.2) is 5.65 Å². The van der Waals surface area contributed by atoms with Crippen molar-refractivity contribution in [2.45, 2.75) is 62.8 Å². The average molecular weight is 354 g/mol. The van der Waals surface area contributed by atoms with Crippen LogP contribution in [0.15, 0.2) is 12.3 Å². The van der Waals surface area contributed by atoms with Crippen LogP contribution in [0.25, 0.3) is 5.65 Å². The molecule has 3 N–H and O–H groups in total. The molecule has 0 aromatic carbocycles. The Hall–Kier alpha value is -0.980. The summed E-state index contributed by atoms with van der Waals surface area (Å²) in [7, 11) is 0. The van der Waals surface area contributed by atoms with Gasteiger partial charge in [-0.15, -0.1) is 0 Å². The van der Waals surface area contributed by atoms with Gasteiger partial charge in [-0.1, -0.05) is 25.4 Å². The number of anilines is 1. The highest BCUT2D eigenvalue weighted by Gasteiger charge is 2.33. The predicted octanol–water partition coefficient (Wildman–Crippen LogP) is 3.84. The third kappa shape index (κ3) is 3.44. The second-order valence-electron chi connectivity index (χ2n) is 6.50. The maximum absolute atomic E-state index is 6.26. The number of fused-ring (bicyclic) bond motifs is 1. The molecular formula is C16H24ClN5S. The lowest BCUT2D eigenvalue weighted by Gasteiger charge is -2.20. The molecule has 2 aromatic rings. The number of hydrogen-bond donors (Lipinski definition) is 3. The molecule has 0 spiro atoms. The second-order valence-corrected chi connectivity index (χ2v) is 7.79. The molecule has 3 rings (SSSR count). The van der Waals surface area contributed by atoms with Crippen molar-refractivity contribution in [2.75, 3.05) is 5.32 Å². The first-order valence-electron chi connectivity index (χ1n) is 8.25. The Morgan fingerprint density at radius 3 is 2.87 bits per heavy atom. The van der Waals surface area contributed by atoms with E-state index in [2.05, 4.69) is 43.0 Å². The average Bonchev–Trinajstić information content (AvgIpc) is 3.04. The quantitative estimate of drug-likeness (QED) is 0.564. The fraction of sp³-hybridized carbons (Fsp3) is 0.625. The monoisotopic (exact) mass is 353 g/mol. The highest BCUT2D eigenvalue weighted by Crippen LogP contribution is 2.34. The van der Waals surface area contributed by atoms with Gasteiger partial charge in [-0.05, 0) is 32.1 Å². The van der Waals surface area contributed by atoms with Gasteiger partial charge in [0.2, 0.25) is 0 Å². The van der Waals surface area contributed by atoms with E-state index in [0.29, 0.717) is 22.6 Å². The highest BCUT2D eigenvalue weighted by atomic mass is 35.5. The summed E-state index contributed by atoms with van der Waals surface area (Å²) in [6.45, 7) is 4.37. The summed E-state index contributed by atoms with van der Waals surface area (Å²) in [5, 5.41) is 8.51. The van der Waals surface area contributed by atoms with Gasteiger partial charge in [-0.3, -0.25) is 0 Å². The van der Waals surface area contributed by atoms with Crippen LogP contribution in [0, 0.1) is 0 Å². The number of nitrogens with zero attached hydrogens (tertiary/aromatic N) is 3. The molecule has 0 aliphatic heterocycles. The van der Waals surface area contributed by atoms with Crippen LogP contribution in [0.2, 0.25) is 5.02 Å². The van der Waals surface area contributed by atoms with Crippen molar-refractivity contribution in [3.05, 3.63) is 23.0 Å². The zero-order chi connectivity index (χ0) is 16.6. The number of aromatic nitrogens is 3. The topological polar surface area (TPSA) is 68.2 Å². The van der Waals surface area contributed by atoms with Crippen LogP contribution in [-0.2, 0) is 0 Å². The van der Waals surface area contributed by atoms with E-state index in [-0.39, 0.29) is 4.87 Å². The Morgan fingerprint density at radius 1 is 1.52 bits per heavy atom. The predicted molar refractivity (Wildman–Crippen MR) is 98.5 cm³/mol.